The molecule has 3 rings (SSSR count). The Morgan fingerprint density at radius 3 is 2.20 bits per heavy atom. The molecule has 0 unspecified atom stereocenters. The van der Waals surface area contributed by atoms with Crippen molar-refractivity contribution in [2.24, 2.45) is 0 Å². The van der Waals surface area contributed by atoms with Crippen LogP contribution in [-0.2, 0) is 10.0 Å². The van der Waals surface area contributed by atoms with E-state index in [1.54, 1.807) is 24.3 Å². The summed E-state index contributed by atoms with van der Waals surface area (Å²) >= 11 is 0. The number of benzene rings is 2. The van der Waals surface area contributed by atoms with Gasteiger partial charge in [0, 0.05) is 18.8 Å². The summed E-state index contributed by atoms with van der Waals surface area (Å²) in [6.45, 7) is 8.17. The third-order valence-corrected chi connectivity index (χ3v) is 6.26. The molecule has 1 N–H and O–H groups in total. The maximum atomic E-state index is 12.8. The second kappa shape index (κ2) is 7.08. The quantitative estimate of drug-likeness (QED) is 0.881. The molecule has 1 saturated heterocycles. The molecule has 5 heteroatoms. The Morgan fingerprint density at radius 1 is 0.920 bits per heavy atom. The molecule has 1 heterocycles. The summed E-state index contributed by atoms with van der Waals surface area (Å²) in [5, 5.41) is 0. The summed E-state index contributed by atoms with van der Waals surface area (Å²) in [5.74, 6) is 0. The monoisotopic (exact) mass is 358 g/mol. The number of sulfonamides is 1. The van der Waals surface area contributed by atoms with Crippen LogP contribution in [0, 0.1) is 20.8 Å². The van der Waals surface area contributed by atoms with Gasteiger partial charge in [-0.25, -0.2) is 8.42 Å². The molecule has 0 amide bonds. The summed E-state index contributed by atoms with van der Waals surface area (Å²) < 4.78 is 28.3. The molecule has 1 aliphatic heterocycles. The van der Waals surface area contributed by atoms with Gasteiger partial charge in [-0.3, -0.25) is 4.72 Å². The third-order valence-electron chi connectivity index (χ3n) is 4.89. The number of rotatable bonds is 4. The molecule has 2 aromatic carbocycles. The highest BCUT2D eigenvalue weighted by Crippen LogP contribution is 2.36. The van der Waals surface area contributed by atoms with E-state index < -0.39 is 10.0 Å². The molecule has 0 spiro atoms. The Morgan fingerprint density at radius 2 is 1.56 bits per heavy atom. The maximum Gasteiger partial charge on any atom is 0.261 e. The van der Waals surface area contributed by atoms with E-state index in [0.717, 1.165) is 24.2 Å². The Labute approximate surface area is 150 Å². The first-order valence-corrected chi connectivity index (χ1v) is 10.3. The molecule has 0 aromatic heterocycles. The molecular weight excluding hydrogens is 332 g/mol. The number of hydrogen-bond acceptors (Lipinski definition) is 3. The molecule has 2 aromatic rings. The van der Waals surface area contributed by atoms with Crippen LogP contribution in [0.3, 0.4) is 0 Å². The van der Waals surface area contributed by atoms with Crippen molar-refractivity contribution in [2.75, 3.05) is 22.7 Å². The van der Waals surface area contributed by atoms with E-state index in [1.807, 2.05) is 19.9 Å². The van der Waals surface area contributed by atoms with Crippen LogP contribution in [0.4, 0.5) is 11.4 Å². The average molecular weight is 359 g/mol. The predicted molar refractivity (Wildman–Crippen MR) is 104 cm³/mol. The Kier molecular flexibility index (Phi) is 5.04. The van der Waals surface area contributed by atoms with Crippen LogP contribution in [0.25, 0.3) is 0 Å². The number of hydrogen-bond donors (Lipinski definition) is 1. The molecule has 0 atom stereocenters. The van der Waals surface area contributed by atoms with Gasteiger partial charge in [0.2, 0.25) is 0 Å². The Hall–Kier alpha value is -2.01. The molecule has 4 nitrogen and oxygen atoms in total. The zero-order valence-corrected chi connectivity index (χ0v) is 16.0. The number of nitrogens with one attached hydrogen (secondary N) is 1. The zero-order valence-electron chi connectivity index (χ0n) is 15.2. The summed E-state index contributed by atoms with van der Waals surface area (Å²) in [4.78, 5) is 2.68. The van der Waals surface area contributed by atoms with Gasteiger partial charge in [0.15, 0.2) is 0 Å². The number of piperidine rings is 1. The van der Waals surface area contributed by atoms with Crippen molar-refractivity contribution < 1.29 is 8.42 Å². The number of aryl methyl sites for hydroxylation is 2. The minimum atomic E-state index is -3.59. The standard InChI is InChI=1S/C20H26N2O2S/c1-15-14-16(2)20(22-12-8-5-9-13-22)17(3)19(15)21-25(23,24)18-10-6-4-7-11-18/h4,6-7,10-11,14,21H,5,8-9,12-13H2,1-3H3. The van der Waals surface area contributed by atoms with Crippen LogP contribution in [-0.4, -0.2) is 21.5 Å². The van der Waals surface area contributed by atoms with Crippen LogP contribution in [0.5, 0.6) is 0 Å². The fourth-order valence-corrected chi connectivity index (χ4v) is 4.95. The van der Waals surface area contributed by atoms with E-state index in [9.17, 15) is 8.42 Å². The van der Waals surface area contributed by atoms with Gasteiger partial charge in [-0.1, -0.05) is 24.3 Å². The van der Waals surface area contributed by atoms with Crippen molar-refractivity contribution in [3.8, 4) is 0 Å². The van der Waals surface area contributed by atoms with Crippen molar-refractivity contribution in [1.82, 2.24) is 0 Å². The molecule has 1 aliphatic rings. The second-order valence-corrected chi connectivity index (χ2v) is 8.51. The highest BCUT2D eigenvalue weighted by Gasteiger charge is 2.22. The average Bonchev–Trinajstić information content (AvgIpc) is 2.60. The first-order valence-electron chi connectivity index (χ1n) is 8.84. The van der Waals surface area contributed by atoms with Crippen molar-refractivity contribution >= 4 is 21.4 Å². The van der Waals surface area contributed by atoms with Crippen LogP contribution in [0.1, 0.15) is 36.0 Å². The SMILES string of the molecule is Cc1cc(C)c(N2CCCCC2)c(C)c1NS(=O)(=O)c1ccccc1. The summed E-state index contributed by atoms with van der Waals surface area (Å²) in [7, 11) is -3.59. The molecule has 0 saturated carbocycles. The normalized spacial score (nSPS) is 15.2. The smallest absolute Gasteiger partial charge is 0.261 e. The largest absolute Gasteiger partial charge is 0.371 e. The van der Waals surface area contributed by atoms with Gasteiger partial charge in [0.1, 0.15) is 0 Å². The molecule has 25 heavy (non-hydrogen) atoms. The topological polar surface area (TPSA) is 49.4 Å². The summed E-state index contributed by atoms with van der Waals surface area (Å²) in [6, 6.07) is 10.6. The van der Waals surface area contributed by atoms with E-state index in [4.69, 9.17) is 0 Å². The van der Waals surface area contributed by atoms with Crippen LogP contribution < -0.4 is 9.62 Å². The molecule has 1 fully saturated rings. The lowest BCUT2D eigenvalue weighted by Crippen LogP contribution is -2.31. The highest BCUT2D eigenvalue weighted by molar-refractivity contribution is 7.92. The number of anilines is 2. The summed E-state index contributed by atoms with van der Waals surface area (Å²) in [6.07, 6.45) is 3.66. The molecule has 0 aliphatic carbocycles. The van der Waals surface area contributed by atoms with Crippen LogP contribution >= 0.6 is 0 Å². The van der Waals surface area contributed by atoms with Gasteiger partial charge in [0.25, 0.3) is 10.0 Å². The molecule has 0 bridgehead atoms. The summed E-state index contributed by atoms with van der Waals surface area (Å²) in [5.41, 5.74) is 5.06. The van der Waals surface area contributed by atoms with Gasteiger partial charge < -0.3 is 4.90 Å². The minimum Gasteiger partial charge on any atom is -0.371 e. The van der Waals surface area contributed by atoms with E-state index in [2.05, 4.69) is 22.6 Å². The van der Waals surface area contributed by atoms with Crippen LogP contribution in [0.2, 0.25) is 0 Å². The first-order chi connectivity index (χ1) is 11.9. The highest BCUT2D eigenvalue weighted by atomic mass is 32.2. The van der Waals surface area contributed by atoms with Gasteiger partial charge in [-0.2, -0.15) is 0 Å². The maximum absolute atomic E-state index is 12.8. The predicted octanol–water partition coefficient (Wildman–Crippen LogP) is 4.40. The lowest BCUT2D eigenvalue weighted by atomic mass is 9.99. The van der Waals surface area contributed by atoms with E-state index in [1.165, 1.54) is 30.5 Å². The van der Waals surface area contributed by atoms with E-state index >= 15 is 0 Å². The van der Waals surface area contributed by atoms with Crippen molar-refractivity contribution in [3.05, 3.63) is 53.1 Å². The van der Waals surface area contributed by atoms with Gasteiger partial charge >= 0.3 is 0 Å². The van der Waals surface area contributed by atoms with E-state index in [0.29, 0.717) is 5.69 Å². The van der Waals surface area contributed by atoms with Crippen molar-refractivity contribution in [3.63, 3.8) is 0 Å². The fourth-order valence-electron chi connectivity index (χ4n) is 3.73. The zero-order chi connectivity index (χ0) is 18.0. The number of nitrogens with zero attached hydrogens (tertiary/aromatic N) is 1. The lowest BCUT2D eigenvalue weighted by molar-refractivity contribution is 0.576. The van der Waals surface area contributed by atoms with Gasteiger partial charge in [0.05, 0.1) is 10.6 Å². The van der Waals surface area contributed by atoms with Crippen molar-refractivity contribution in [1.29, 1.82) is 0 Å². The van der Waals surface area contributed by atoms with Gasteiger partial charge in [-0.05, 0) is 68.9 Å². The Bertz CT molecular complexity index is 855. The minimum absolute atomic E-state index is 0.286. The molecule has 134 valence electrons. The van der Waals surface area contributed by atoms with Crippen molar-refractivity contribution in [2.45, 2.75) is 44.9 Å². The van der Waals surface area contributed by atoms with Gasteiger partial charge in [-0.15, -0.1) is 0 Å². The first kappa shape index (κ1) is 17.8. The van der Waals surface area contributed by atoms with E-state index in [-0.39, 0.29) is 4.90 Å². The molecule has 0 radical (unpaired) electrons. The second-order valence-electron chi connectivity index (χ2n) is 6.83. The Balaban J connectivity index is 2.02. The fraction of sp³-hybridized carbons (Fsp3) is 0.400. The lowest BCUT2D eigenvalue weighted by Gasteiger charge is -2.33. The third kappa shape index (κ3) is 3.66. The van der Waals surface area contributed by atoms with Crippen LogP contribution in [0.15, 0.2) is 41.3 Å². The molecular formula is C20H26N2O2S.